The molecule has 112 valence electrons. The van der Waals surface area contributed by atoms with E-state index in [0.29, 0.717) is 5.56 Å². The second kappa shape index (κ2) is 5.74. The van der Waals surface area contributed by atoms with Gasteiger partial charge in [-0.05, 0) is 29.8 Å². The molecule has 0 spiro atoms. The molecular formula is C13H11F3N2O2S. The molecule has 0 amide bonds. The lowest BCUT2D eigenvalue weighted by Crippen LogP contribution is -2.24. The number of sulfonamides is 1. The number of hydrogen-bond donors (Lipinski definition) is 2. The summed E-state index contributed by atoms with van der Waals surface area (Å²) in [7, 11) is -4.20. The van der Waals surface area contributed by atoms with Crippen LogP contribution in [0.5, 0.6) is 0 Å². The van der Waals surface area contributed by atoms with Crippen LogP contribution in [0.1, 0.15) is 5.56 Å². The lowest BCUT2D eigenvalue weighted by atomic mass is 10.2. The Morgan fingerprint density at radius 1 is 1.00 bits per heavy atom. The number of rotatable bonds is 4. The van der Waals surface area contributed by atoms with Gasteiger partial charge in [-0.15, -0.1) is 0 Å². The number of nitrogens with two attached hydrogens (primary N) is 1. The molecule has 2 rings (SSSR count). The summed E-state index contributed by atoms with van der Waals surface area (Å²) < 4.78 is 65.5. The second-order valence-electron chi connectivity index (χ2n) is 4.22. The van der Waals surface area contributed by atoms with Crippen molar-refractivity contribution in [3.8, 4) is 0 Å². The fourth-order valence-corrected chi connectivity index (χ4v) is 2.72. The van der Waals surface area contributed by atoms with Crippen molar-refractivity contribution < 1.29 is 21.6 Å². The summed E-state index contributed by atoms with van der Waals surface area (Å²) in [5.41, 5.74) is 4.74. The summed E-state index contributed by atoms with van der Waals surface area (Å²) >= 11 is 0. The van der Waals surface area contributed by atoms with Gasteiger partial charge in [0, 0.05) is 6.54 Å². The highest BCUT2D eigenvalue weighted by Crippen LogP contribution is 2.22. The molecule has 0 bridgehead atoms. The lowest BCUT2D eigenvalue weighted by molar-refractivity contribution is 0.548. The van der Waals surface area contributed by atoms with Crippen molar-refractivity contribution in [1.29, 1.82) is 0 Å². The summed E-state index contributed by atoms with van der Waals surface area (Å²) in [5, 5.41) is 0. The van der Waals surface area contributed by atoms with Crippen LogP contribution in [0.25, 0.3) is 0 Å². The Balaban J connectivity index is 2.23. The molecule has 21 heavy (non-hydrogen) atoms. The van der Waals surface area contributed by atoms with Gasteiger partial charge in [0.05, 0.1) is 0 Å². The molecule has 0 aliphatic carbocycles. The molecule has 0 aliphatic heterocycles. The SMILES string of the molecule is Nc1c(F)ccc(S(=O)(=O)NCc2ccc(F)cc2)c1F. The van der Waals surface area contributed by atoms with Crippen LogP contribution >= 0.6 is 0 Å². The van der Waals surface area contributed by atoms with Crippen molar-refractivity contribution in [1.82, 2.24) is 4.72 Å². The topological polar surface area (TPSA) is 72.2 Å². The number of halogens is 3. The number of benzene rings is 2. The number of hydrogen-bond acceptors (Lipinski definition) is 3. The van der Waals surface area contributed by atoms with Gasteiger partial charge in [-0.2, -0.15) is 0 Å². The van der Waals surface area contributed by atoms with Crippen LogP contribution in [-0.4, -0.2) is 8.42 Å². The molecule has 0 aromatic heterocycles. The predicted octanol–water partition coefficient (Wildman–Crippen LogP) is 2.16. The van der Waals surface area contributed by atoms with E-state index in [1.807, 2.05) is 0 Å². The molecule has 0 atom stereocenters. The first kappa shape index (κ1) is 15.3. The highest BCUT2D eigenvalue weighted by Gasteiger charge is 2.22. The van der Waals surface area contributed by atoms with E-state index in [4.69, 9.17) is 5.73 Å². The summed E-state index contributed by atoms with van der Waals surface area (Å²) in [5.74, 6) is -2.84. The van der Waals surface area contributed by atoms with E-state index in [0.717, 1.165) is 12.1 Å². The zero-order chi connectivity index (χ0) is 15.6. The van der Waals surface area contributed by atoms with E-state index < -0.39 is 38.1 Å². The van der Waals surface area contributed by atoms with Gasteiger partial charge in [0.1, 0.15) is 22.2 Å². The van der Waals surface area contributed by atoms with Gasteiger partial charge in [0.15, 0.2) is 5.82 Å². The van der Waals surface area contributed by atoms with E-state index in [1.54, 1.807) is 0 Å². The zero-order valence-corrected chi connectivity index (χ0v) is 11.4. The summed E-state index contributed by atoms with van der Waals surface area (Å²) in [6.45, 7) is -0.167. The fraction of sp³-hybridized carbons (Fsp3) is 0.0769. The highest BCUT2D eigenvalue weighted by atomic mass is 32.2. The van der Waals surface area contributed by atoms with Gasteiger partial charge < -0.3 is 5.73 Å². The average molecular weight is 316 g/mol. The van der Waals surface area contributed by atoms with Crippen molar-refractivity contribution in [3.63, 3.8) is 0 Å². The Labute approximate surface area is 119 Å². The Kier molecular flexibility index (Phi) is 4.19. The van der Waals surface area contributed by atoms with Crippen LogP contribution in [0.4, 0.5) is 18.9 Å². The summed E-state index contributed by atoms with van der Waals surface area (Å²) in [6.07, 6.45) is 0. The van der Waals surface area contributed by atoms with E-state index >= 15 is 0 Å². The molecular weight excluding hydrogens is 305 g/mol. The quantitative estimate of drug-likeness (QED) is 0.849. The lowest BCUT2D eigenvalue weighted by Gasteiger charge is -2.09. The molecule has 3 N–H and O–H groups in total. The van der Waals surface area contributed by atoms with Crippen molar-refractivity contribution in [2.45, 2.75) is 11.4 Å². The maximum Gasteiger partial charge on any atom is 0.243 e. The molecule has 0 saturated carbocycles. The molecule has 0 aliphatic rings. The second-order valence-corrected chi connectivity index (χ2v) is 5.96. The van der Waals surface area contributed by atoms with E-state index in [9.17, 15) is 21.6 Å². The molecule has 0 fully saturated rings. The maximum atomic E-state index is 13.7. The van der Waals surface area contributed by atoms with E-state index in [-0.39, 0.29) is 6.54 Å². The Morgan fingerprint density at radius 3 is 2.24 bits per heavy atom. The Hall–Kier alpha value is -2.06. The number of nitrogens with one attached hydrogen (secondary N) is 1. The molecule has 0 saturated heterocycles. The molecule has 8 heteroatoms. The van der Waals surface area contributed by atoms with Crippen LogP contribution in [-0.2, 0) is 16.6 Å². The maximum absolute atomic E-state index is 13.7. The highest BCUT2D eigenvalue weighted by molar-refractivity contribution is 7.89. The predicted molar refractivity (Wildman–Crippen MR) is 71.2 cm³/mol. The minimum absolute atomic E-state index is 0.167. The Morgan fingerprint density at radius 2 is 1.62 bits per heavy atom. The first-order chi connectivity index (χ1) is 9.81. The fourth-order valence-electron chi connectivity index (χ4n) is 1.62. The molecule has 4 nitrogen and oxygen atoms in total. The van der Waals surface area contributed by atoms with Crippen LogP contribution in [0.15, 0.2) is 41.3 Å². The van der Waals surface area contributed by atoms with Crippen LogP contribution in [0.2, 0.25) is 0 Å². The van der Waals surface area contributed by atoms with Gasteiger partial charge in [0.25, 0.3) is 0 Å². The molecule has 2 aromatic rings. The van der Waals surface area contributed by atoms with E-state index in [2.05, 4.69) is 4.72 Å². The Bertz CT molecular complexity index is 762. The number of nitrogen functional groups attached to an aromatic ring is 1. The zero-order valence-electron chi connectivity index (χ0n) is 10.6. The third-order valence-electron chi connectivity index (χ3n) is 2.76. The minimum atomic E-state index is -4.20. The standard InChI is InChI=1S/C13H11F3N2O2S/c14-9-3-1-8(2-4-9)7-18-21(19,20)11-6-5-10(15)13(17)12(11)16/h1-6,18H,7,17H2. The largest absolute Gasteiger partial charge is 0.394 e. The van der Waals surface area contributed by atoms with Crippen LogP contribution < -0.4 is 10.5 Å². The van der Waals surface area contributed by atoms with Gasteiger partial charge >= 0.3 is 0 Å². The third-order valence-corrected chi connectivity index (χ3v) is 4.18. The van der Waals surface area contributed by atoms with Gasteiger partial charge in [-0.1, -0.05) is 12.1 Å². The van der Waals surface area contributed by atoms with Gasteiger partial charge in [0.2, 0.25) is 10.0 Å². The average Bonchev–Trinajstić information content (AvgIpc) is 2.44. The molecule has 0 heterocycles. The van der Waals surface area contributed by atoms with Gasteiger partial charge in [-0.25, -0.2) is 26.3 Å². The molecule has 2 aromatic carbocycles. The first-order valence-electron chi connectivity index (χ1n) is 5.79. The van der Waals surface area contributed by atoms with Crippen molar-refractivity contribution in [2.24, 2.45) is 0 Å². The minimum Gasteiger partial charge on any atom is -0.394 e. The van der Waals surface area contributed by atoms with Crippen LogP contribution in [0, 0.1) is 17.5 Å². The van der Waals surface area contributed by atoms with Crippen LogP contribution in [0.3, 0.4) is 0 Å². The molecule has 0 radical (unpaired) electrons. The summed E-state index contributed by atoms with van der Waals surface area (Å²) in [6, 6.07) is 6.65. The molecule has 0 unspecified atom stereocenters. The third kappa shape index (κ3) is 3.34. The van der Waals surface area contributed by atoms with Gasteiger partial charge in [-0.3, -0.25) is 0 Å². The normalized spacial score (nSPS) is 11.6. The van der Waals surface area contributed by atoms with Crippen molar-refractivity contribution in [3.05, 3.63) is 59.4 Å². The summed E-state index contributed by atoms with van der Waals surface area (Å²) in [4.78, 5) is -0.747. The van der Waals surface area contributed by atoms with Crippen molar-refractivity contribution >= 4 is 15.7 Å². The first-order valence-corrected chi connectivity index (χ1v) is 7.27. The van der Waals surface area contributed by atoms with E-state index in [1.165, 1.54) is 24.3 Å². The monoisotopic (exact) mass is 316 g/mol. The smallest absolute Gasteiger partial charge is 0.243 e. The number of anilines is 1. The van der Waals surface area contributed by atoms with Crippen molar-refractivity contribution in [2.75, 3.05) is 5.73 Å².